The van der Waals surface area contributed by atoms with Crippen LogP contribution in [0.5, 0.6) is 5.75 Å². The highest BCUT2D eigenvalue weighted by Gasteiger charge is 2.42. The van der Waals surface area contributed by atoms with Crippen LogP contribution in [-0.2, 0) is 11.3 Å². The molecule has 2 fully saturated rings. The van der Waals surface area contributed by atoms with Crippen molar-refractivity contribution in [2.45, 2.75) is 69.6 Å². The normalized spacial score (nSPS) is 24.7. The predicted octanol–water partition coefficient (Wildman–Crippen LogP) is 3.00. The zero-order chi connectivity index (χ0) is 19.3. The van der Waals surface area contributed by atoms with Gasteiger partial charge in [0.1, 0.15) is 11.6 Å². The van der Waals surface area contributed by atoms with E-state index in [0.29, 0.717) is 36.7 Å². The first-order chi connectivity index (χ1) is 13.0. The van der Waals surface area contributed by atoms with Crippen molar-refractivity contribution in [1.29, 1.82) is 0 Å². The lowest BCUT2D eigenvalue weighted by molar-refractivity contribution is -0.157. The van der Waals surface area contributed by atoms with Gasteiger partial charge in [-0.25, -0.2) is 4.39 Å². The number of nitrogens with zero attached hydrogens (tertiary/aromatic N) is 1. The fraction of sp³-hybridized carbons (Fsp3) is 0.667. The van der Waals surface area contributed by atoms with Crippen molar-refractivity contribution >= 4 is 5.91 Å². The van der Waals surface area contributed by atoms with Gasteiger partial charge in [0.25, 0.3) is 5.91 Å². The highest BCUT2D eigenvalue weighted by Crippen LogP contribution is 2.26. The van der Waals surface area contributed by atoms with E-state index < -0.39 is 5.60 Å². The molecule has 2 aliphatic rings. The van der Waals surface area contributed by atoms with E-state index in [0.717, 1.165) is 12.8 Å². The highest BCUT2D eigenvalue weighted by atomic mass is 19.1. The van der Waals surface area contributed by atoms with Gasteiger partial charge in [-0.15, -0.1) is 0 Å². The second-order valence-corrected chi connectivity index (χ2v) is 7.89. The molecule has 1 saturated carbocycles. The van der Waals surface area contributed by atoms with Gasteiger partial charge in [0.15, 0.2) is 5.60 Å². The number of likely N-dealkylation sites (tertiary alicyclic amines) is 1. The van der Waals surface area contributed by atoms with Crippen molar-refractivity contribution in [2.24, 2.45) is 0 Å². The number of rotatable bonds is 6. The SMILES string of the molecule is COc1ccc(F)c(CN2CCCC(O)(CNC3CCCCCC3)C2=O)c1. The molecule has 1 atom stereocenters. The van der Waals surface area contributed by atoms with Crippen LogP contribution in [0.2, 0.25) is 0 Å². The van der Waals surface area contributed by atoms with E-state index in [1.807, 2.05) is 0 Å². The second-order valence-electron chi connectivity index (χ2n) is 7.89. The third kappa shape index (κ3) is 4.99. The number of carbonyl (C=O) groups is 1. The predicted molar refractivity (Wildman–Crippen MR) is 102 cm³/mol. The van der Waals surface area contributed by atoms with Crippen LogP contribution in [0.1, 0.15) is 56.9 Å². The second kappa shape index (κ2) is 9.02. The Labute approximate surface area is 160 Å². The Morgan fingerprint density at radius 3 is 2.70 bits per heavy atom. The van der Waals surface area contributed by atoms with Crippen LogP contribution in [0.15, 0.2) is 18.2 Å². The maximum atomic E-state index is 14.1. The number of halogens is 1. The Morgan fingerprint density at radius 2 is 2.00 bits per heavy atom. The van der Waals surface area contributed by atoms with Gasteiger partial charge in [0, 0.05) is 31.2 Å². The molecule has 1 amide bonds. The minimum atomic E-state index is -1.40. The molecule has 0 aromatic heterocycles. The fourth-order valence-corrected chi connectivity index (χ4v) is 4.18. The van der Waals surface area contributed by atoms with Crippen molar-refractivity contribution in [3.8, 4) is 5.75 Å². The average Bonchev–Trinajstić information content (AvgIpc) is 2.94. The first-order valence-electron chi connectivity index (χ1n) is 10.1. The summed E-state index contributed by atoms with van der Waals surface area (Å²) in [5, 5.41) is 14.4. The lowest BCUT2D eigenvalue weighted by Crippen LogP contribution is -2.58. The van der Waals surface area contributed by atoms with Crippen LogP contribution in [0.25, 0.3) is 0 Å². The molecule has 0 bridgehead atoms. The van der Waals surface area contributed by atoms with Gasteiger partial charge in [-0.05, 0) is 43.9 Å². The van der Waals surface area contributed by atoms with Gasteiger partial charge in [-0.1, -0.05) is 25.7 Å². The summed E-state index contributed by atoms with van der Waals surface area (Å²) in [6.07, 6.45) is 8.29. The topological polar surface area (TPSA) is 61.8 Å². The third-order valence-corrected chi connectivity index (χ3v) is 5.86. The standard InChI is InChI=1S/C21H31FN2O3/c1-27-18-9-10-19(22)16(13-18)14-24-12-6-11-21(26,20(24)25)15-23-17-7-4-2-3-5-8-17/h9-10,13,17,23,26H,2-8,11-12,14-15H2,1H3. The molecule has 1 aliphatic carbocycles. The summed E-state index contributed by atoms with van der Waals surface area (Å²) in [6.45, 7) is 0.947. The monoisotopic (exact) mass is 378 g/mol. The number of amides is 1. The third-order valence-electron chi connectivity index (χ3n) is 5.86. The number of piperidine rings is 1. The van der Waals surface area contributed by atoms with E-state index in [1.54, 1.807) is 17.0 Å². The molecule has 150 valence electrons. The number of benzene rings is 1. The molecule has 0 radical (unpaired) electrons. The summed E-state index contributed by atoms with van der Waals surface area (Å²) in [5.41, 5.74) is -0.997. The Hall–Kier alpha value is -1.66. The molecule has 3 rings (SSSR count). The molecule has 1 heterocycles. The molecule has 5 nitrogen and oxygen atoms in total. The molecule has 1 aliphatic heterocycles. The molecule has 6 heteroatoms. The van der Waals surface area contributed by atoms with Gasteiger partial charge in [0.2, 0.25) is 0 Å². The zero-order valence-corrected chi connectivity index (χ0v) is 16.2. The molecule has 0 spiro atoms. The number of methoxy groups -OCH3 is 1. The largest absolute Gasteiger partial charge is 0.497 e. The molecular weight excluding hydrogens is 347 g/mol. The van der Waals surface area contributed by atoms with Gasteiger partial charge >= 0.3 is 0 Å². The van der Waals surface area contributed by atoms with Crippen molar-refractivity contribution < 1.29 is 19.0 Å². The summed E-state index contributed by atoms with van der Waals surface area (Å²) < 4.78 is 19.3. The number of aliphatic hydroxyl groups is 1. The van der Waals surface area contributed by atoms with Crippen molar-refractivity contribution in [2.75, 3.05) is 20.2 Å². The molecule has 1 aromatic rings. The maximum absolute atomic E-state index is 14.1. The van der Waals surface area contributed by atoms with Crippen molar-refractivity contribution in [3.63, 3.8) is 0 Å². The maximum Gasteiger partial charge on any atom is 0.256 e. The van der Waals surface area contributed by atoms with E-state index in [9.17, 15) is 14.3 Å². The van der Waals surface area contributed by atoms with Gasteiger partial charge in [-0.3, -0.25) is 4.79 Å². The molecule has 27 heavy (non-hydrogen) atoms. The number of ether oxygens (including phenoxy) is 1. The number of carbonyl (C=O) groups excluding carboxylic acids is 1. The van der Waals surface area contributed by atoms with Gasteiger partial charge < -0.3 is 20.1 Å². The van der Waals surface area contributed by atoms with E-state index in [4.69, 9.17) is 4.74 Å². The van der Waals surface area contributed by atoms with E-state index >= 15 is 0 Å². The van der Waals surface area contributed by atoms with Crippen LogP contribution in [0.4, 0.5) is 4.39 Å². The summed E-state index contributed by atoms with van der Waals surface area (Å²) in [4.78, 5) is 14.5. The molecular formula is C21H31FN2O3. The lowest BCUT2D eigenvalue weighted by atomic mass is 9.90. The zero-order valence-electron chi connectivity index (χ0n) is 16.2. The Balaban J connectivity index is 1.64. The Bertz CT molecular complexity index is 646. The van der Waals surface area contributed by atoms with E-state index in [-0.39, 0.29) is 24.8 Å². The number of hydrogen-bond donors (Lipinski definition) is 2. The first kappa shape index (κ1) is 20.1. The number of nitrogens with one attached hydrogen (secondary N) is 1. The van der Waals surface area contributed by atoms with Gasteiger partial charge in [-0.2, -0.15) is 0 Å². The van der Waals surface area contributed by atoms with Crippen LogP contribution in [0.3, 0.4) is 0 Å². The highest BCUT2D eigenvalue weighted by molar-refractivity contribution is 5.86. The fourth-order valence-electron chi connectivity index (χ4n) is 4.18. The summed E-state index contributed by atoms with van der Waals surface area (Å²) in [6, 6.07) is 4.89. The summed E-state index contributed by atoms with van der Waals surface area (Å²) in [5.74, 6) is -0.118. The van der Waals surface area contributed by atoms with Crippen LogP contribution < -0.4 is 10.1 Å². The first-order valence-corrected chi connectivity index (χ1v) is 10.1. The molecule has 1 aromatic carbocycles. The van der Waals surface area contributed by atoms with Crippen LogP contribution in [-0.4, -0.2) is 47.8 Å². The van der Waals surface area contributed by atoms with E-state index in [1.165, 1.54) is 38.9 Å². The van der Waals surface area contributed by atoms with Crippen molar-refractivity contribution in [3.05, 3.63) is 29.6 Å². The van der Waals surface area contributed by atoms with Crippen LogP contribution in [0, 0.1) is 5.82 Å². The average molecular weight is 378 g/mol. The minimum absolute atomic E-state index is 0.146. The minimum Gasteiger partial charge on any atom is -0.497 e. The smallest absolute Gasteiger partial charge is 0.256 e. The molecule has 1 saturated heterocycles. The summed E-state index contributed by atoms with van der Waals surface area (Å²) >= 11 is 0. The Kier molecular flexibility index (Phi) is 6.71. The van der Waals surface area contributed by atoms with Crippen LogP contribution >= 0.6 is 0 Å². The Morgan fingerprint density at radius 1 is 1.26 bits per heavy atom. The lowest BCUT2D eigenvalue weighted by Gasteiger charge is -2.39. The van der Waals surface area contributed by atoms with E-state index in [2.05, 4.69) is 5.32 Å². The van der Waals surface area contributed by atoms with Crippen molar-refractivity contribution in [1.82, 2.24) is 10.2 Å². The number of hydrogen-bond acceptors (Lipinski definition) is 4. The molecule has 1 unspecified atom stereocenters. The molecule has 2 N–H and O–H groups in total. The quantitative estimate of drug-likeness (QED) is 0.747. The van der Waals surface area contributed by atoms with Gasteiger partial charge in [0.05, 0.1) is 7.11 Å². The summed E-state index contributed by atoms with van der Waals surface area (Å²) in [7, 11) is 1.53.